The van der Waals surface area contributed by atoms with Crippen LogP contribution in [0.2, 0.25) is 0 Å². The van der Waals surface area contributed by atoms with Gasteiger partial charge in [-0.25, -0.2) is 0 Å². The van der Waals surface area contributed by atoms with Gasteiger partial charge >= 0.3 is 0 Å². The molecule has 6 nitrogen and oxygen atoms in total. The first-order valence-electron chi connectivity index (χ1n) is 4.72. The zero-order valence-electron chi connectivity index (χ0n) is 8.80. The molecule has 0 heterocycles. The van der Waals surface area contributed by atoms with E-state index in [0.717, 1.165) is 0 Å². The highest BCUT2D eigenvalue weighted by Crippen LogP contribution is 2.22. The number of nitro benzene ring substituents is 1. The number of anilines is 1. The fourth-order valence-electron chi connectivity index (χ4n) is 1.17. The molecule has 1 aromatic rings. The van der Waals surface area contributed by atoms with E-state index in [1.54, 1.807) is 12.1 Å². The summed E-state index contributed by atoms with van der Waals surface area (Å²) in [6.07, 6.45) is 0. The second-order valence-corrected chi connectivity index (χ2v) is 3.46. The molecule has 0 fully saturated rings. The Hall–Kier alpha value is -2.13. The van der Waals surface area contributed by atoms with Crippen LogP contribution in [-0.2, 0) is 0 Å². The standard InChI is InChI=1S/C10H12N4O2/c1-7(12)6-13-9-3-2-8(5-11)10(4-9)14(15)16/h2-4,7,13H,6,12H2,1H3. The fraction of sp³-hybridized carbons (Fsp3) is 0.300. The third kappa shape index (κ3) is 2.93. The van der Waals surface area contributed by atoms with Crippen LogP contribution in [-0.4, -0.2) is 17.5 Å². The Labute approximate surface area is 92.8 Å². The van der Waals surface area contributed by atoms with Gasteiger partial charge in [-0.15, -0.1) is 0 Å². The lowest BCUT2D eigenvalue weighted by molar-refractivity contribution is -0.385. The van der Waals surface area contributed by atoms with Gasteiger partial charge in [0, 0.05) is 24.3 Å². The van der Waals surface area contributed by atoms with Crippen LogP contribution in [0.1, 0.15) is 12.5 Å². The van der Waals surface area contributed by atoms with Crippen molar-refractivity contribution in [3.05, 3.63) is 33.9 Å². The molecule has 0 bridgehead atoms. The monoisotopic (exact) mass is 220 g/mol. The van der Waals surface area contributed by atoms with Gasteiger partial charge < -0.3 is 11.1 Å². The molecule has 0 aliphatic rings. The first kappa shape index (κ1) is 11.9. The van der Waals surface area contributed by atoms with Gasteiger partial charge in [0.2, 0.25) is 0 Å². The number of hydrogen-bond acceptors (Lipinski definition) is 5. The first-order chi connectivity index (χ1) is 7.54. The van der Waals surface area contributed by atoms with Crippen molar-refractivity contribution in [2.75, 3.05) is 11.9 Å². The molecular weight excluding hydrogens is 208 g/mol. The predicted octanol–water partition coefficient (Wildman–Crippen LogP) is 1.23. The Bertz CT molecular complexity index is 437. The van der Waals surface area contributed by atoms with Gasteiger partial charge in [0.25, 0.3) is 5.69 Å². The van der Waals surface area contributed by atoms with Crippen molar-refractivity contribution in [2.45, 2.75) is 13.0 Å². The van der Waals surface area contributed by atoms with Gasteiger partial charge in [-0.05, 0) is 19.1 Å². The van der Waals surface area contributed by atoms with Crippen molar-refractivity contribution in [2.24, 2.45) is 5.73 Å². The minimum atomic E-state index is -0.574. The molecule has 1 atom stereocenters. The van der Waals surface area contributed by atoms with Crippen LogP contribution < -0.4 is 11.1 Å². The molecule has 0 aliphatic heterocycles. The van der Waals surface area contributed by atoms with Crippen LogP contribution in [0.4, 0.5) is 11.4 Å². The molecule has 6 heteroatoms. The minimum Gasteiger partial charge on any atom is -0.383 e. The van der Waals surface area contributed by atoms with Crippen LogP contribution in [0.5, 0.6) is 0 Å². The molecule has 0 aliphatic carbocycles. The normalized spacial score (nSPS) is 11.6. The quantitative estimate of drug-likeness (QED) is 0.586. The van der Waals surface area contributed by atoms with E-state index < -0.39 is 4.92 Å². The zero-order valence-corrected chi connectivity index (χ0v) is 8.80. The largest absolute Gasteiger partial charge is 0.383 e. The first-order valence-corrected chi connectivity index (χ1v) is 4.72. The Morgan fingerprint density at radius 2 is 2.38 bits per heavy atom. The number of nitro groups is 1. The molecule has 1 aromatic carbocycles. The van der Waals surface area contributed by atoms with Gasteiger partial charge in [-0.2, -0.15) is 5.26 Å². The van der Waals surface area contributed by atoms with Crippen molar-refractivity contribution in [1.29, 1.82) is 5.26 Å². The van der Waals surface area contributed by atoms with E-state index >= 15 is 0 Å². The zero-order chi connectivity index (χ0) is 12.1. The van der Waals surface area contributed by atoms with Crippen molar-refractivity contribution < 1.29 is 4.92 Å². The number of rotatable bonds is 4. The molecular formula is C10H12N4O2. The summed E-state index contributed by atoms with van der Waals surface area (Å²) < 4.78 is 0. The summed E-state index contributed by atoms with van der Waals surface area (Å²) in [5, 5.41) is 22.3. The predicted molar refractivity (Wildman–Crippen MR) is 60.0 cm³/mol. The molecule has 84 valence electrons. The van der Waals surface area contributed by atoms with Crippen LogP contribution in [0, 0.1) is 21.4 Å². The number of nitrogens with zero attached hydrogens (tertiary/aromatic N) is 2. The molecule has 1 rings (SSSR count). The van der Waals surface area contributed by atoms with Gasteiger partial charge in [-0.3, -0.25) is 10.1 Å². The van der Waals surface area contributed by atoms with E-state index in [1.807, 2.05) is 6.92 Å². The van der Waals surface area contributed by atoms with Gasteiger partial charge in [-0.1, -0.05) is 0 Å². The van der Waals surface area contributed by atoms with Crippen molar-refractivity contribution >= 4 is 11.4 Å². The number of nitrogens with one attached hydrogen (secondary N) is 1. The maximum atomic E-state index is 10.7. The molecule has 3 N–H and O–H groups in total. The highest BCUT2D eigenvalue weighted by atomic mass is 16.6. The third-order valence-corrected chi connectivity index (χ3v) is 1.94. The van der Waals surface area contributed by atoms with Crippen molar-refractivity contribution in [3.63, 3.8) is 0 Å². The lowest BCUT2D eigenvalue weighted by atomic mass is 10.1. The van der Waals surface area contributed by atoms with E-state index in [4.69, 9.17) is 11.0 Å². The summed E-state index contributed by atoms with van der Waals surface area (Å²) in [7, 11) is 0. The van der Waals surface area contributed by atoms with Gasteiger partial charge in [0.05, 0.1) is 4.92 Å². The van der Waals surface area contributed by atoms with Gasteiger partial charge in [0.15, 0.2) is 0 Å². The van der Waals surface area contributed by atoms with Crippen LogP contribution in [0.25, 0.3) is 0 Å². The second-order valence-electron chi connectivity index (χ2n) is 3.46. The van der Waals surface area contributed by atoms with Crippen LogP contribution in [0.15, 0.2) is 18.2 Å². The number of nitrogens with two attached hydrogens (primary N) is 1. The molecule has 0 radical (unpaired) electrons. The van der Waals surface area contributed by atoms with E-state index in [2.05, 4.69) is 5.32 Å². The SMILES string of the molecule is CC(N)CNc1ccc(C#N)c([N+](=O)[O-])c1. The second kappa shape index (κ2) is 5.09. The van der Waals surface area contributed by atoms with E-state index in [0.29, 0.717) is 12.2 Å². The number of hydrogen-bond donors (Lipinski definition) is 2. The van der Waals surface area contributed by atoms with E-state index in [-0.39, 0.29) is 17.3 Å². The highest BCUT2D eigenvalue weighted by molar-refractivity contribution is 5.59. The molecule has 16 heavy (non-hydrogen) atoms. The fourth-order valence-corrected chi connectivity index (χ4v) is 1.17. The minimum absolute atomic E-state index is 0.0466. The maximum Gasteiger partial charge on any atom is 0.289 e. The van der Waals surface area contributed by atoms with Crippen LogP contribution in [0.3, 0.4) is 0 Å². The van der Waals surface area contributed by atoms with E-state index in [1.165, 1.54) is 12.1 Å². The topological polar surface area (TPSA) is 105 Å². The Balaban J connectivity index is 2.95. The van der Waals surface area contributed by atoms with Crippen molar-refractivity contribution in [1.82, 2.24) is 0 Å². The summed E-state index contributed by atoms with van der Waals surface area (Å²) in [6.45, 7) is 2.34. The van der Waals surface area contributed by atoms with Crippen LogP contribution >= 0.6 is 0 Å². The average Bonchev–Trinajstić information content (AvgIpc) is 2.25. The maximum absolute atomic E-state index is 10.7. The smallest absolute Gasteiger partial charge is 0.289 e. The Kier molecular flexibility index (Phi) is 3.80. The molecule has 0 spiro atoms. The van der Waals surface area contributed by atoms with Crippen molar-refractivity contribution in [3.8, 4) is 6.07 Å². The molecule has 0 saturated carbocycles. The Morgan fingerprint density at radius 3 is 2.88 bits per heavy atom. The summed E-state index contributed by atoms with van der Waals surface area (Å²) in [6, 6.07) is 6.10. The summed E-state index contributed by atoms with van der Waals surface area (Å²) in [5.74, 6) is 0. The summed E-state index contributed by atoms with van der Waals surface area (Å²) >= 11 is 0. The third-order valence-electron chi connectivity index (χ3n) is 1.94. The van der Waals surface area contributed by atoms with E-state index in [9.17, 15) is 10.1 Å². The lowest BCUT2D eigenvalue weighted by Gasteiger charge is -2.08. The number of benzene rings is 1. The molecule has 0 aromatic heterocycles. The Morgan fingerprint density at radius 1 is 1.69 bits per heavy atom. The van der Waals surface area contributed by atoms with Gasteiger partial charge in [0.1, 0.15) is 11.6 Å². The highest BCUT2D eigenvalue weighted by Gasteiger charge is 2.13. The summed E-state index contributed by atoms with van der Waals surface area (Å²) in [4.78, 5) is 10.1. The molecule has 0 saturated heterocycles. The number of nitriles is 1. The lowest BCUT2D eigenvalue weighted by Crippen LogP contribution is -2.25. The molecule has 1 unspecified atom stereocenters. The average molecular weight is 220 g/mol. The summed E-state index contributed by atoms with van der Waals surface area (Å²) in [5.41, 5.74) is 5.99. The molecule has 0 amide bonds.